The summed E-state index contributed by atoms with van der Waals surface area (Å²) in [6.07, 6.45) is -3.86. The number of rotatable bonds is 1. The van der Waals surface area contributed by atoms with Gasteiger partial charge in [0.1, 0.15) is 11.6 Å². The Labute approximate surface area is 106 Å². The molecule has 2 nitrogen and oxygen atoms in total. The van der Waals surface area contributed by atoms with Gasteiger partial charge in [0.15, 0.2) is 0 Å². The molecule has 0 aliphatic carbocycles. The lowest BCUT2D eigenvalue weighted by atomic mass is 9.99. The van der Waals surface area contributed by atoms with E-state index < -0.39 is 17.6 Å². The molecule has 0 radical (unpaired) electrons. The molecular weight excluding hydrogens is 260 g/mol. The molecule has 0 saturated carbocycles. The van der Waals surface area contributed by atoms with Gasteiger partial charge in [-0.3, -0.25) is 0 Å². The van der Waals surface area contributed by atoms with Gasteiger partial charge >= 0.3 is 6.18 Å². The van der Waals surface area contributed by atoms with Crippen LogP contribution in [-0.4, -0.2) is 4.98 Å². The SMILES string of the molecule is Cc1ccc(F)cc1-c1cc(C(F)(F)F)cnc1N. The lowest BCUT2D eigenvalue weighted by molar-refractivity contribution is -0.137. The zero-order valence-electron chi connectivity index (χ0n) is 9.92. The number of benzene rings is 1. The molecular formula is C13H10F4N2. The summed E-state index contributed by atoms with van der Waals surface area (Å²) in [7, 11) is 0. The molecule has 0 amide bonds. The highest BCUT2D eigenvalue weighted by Crippen LogP contribution is 2.35. The van der Waals surface area contributed by atoms with Gasteiger partial charge in [0, 0.05) is 11.8 Å². The minimum absolute atomic E-state index is 0.0679. The van der Waals surface area contributed by atoms with E-state index in [0.29, 0.717) is 17.3 Å². The monoisotopic (exact) mass is 270 g/mol. The second-order valence-electron chi connectivity index (χ2n) is 4.11. The summed E-state index contributed by atoms with van der Waals surface area (Å²) < 4.78 is 51.1. The van der Waals surface area contributed by atoms with Crippen LogP contribution in [0.25, 0.3) is 11.1 Å². The first kappa shape index (κ1) is 13.3. The van der Waals surface area contributed by atoms with E-state index in [9.17, 15) is 17.6 Å². The van der Waals surface area contributed by atoms with E-state index in [2.05, 4.69) is 4.98 Å². The fourth-order valence-corrected chi connectivity index (χ4v) is 1.73. The average molecular weight is 270 g/mol. The molecule has 0 unspecified atom stereocenters. The topological polar surface area (TPSA) is 38.9 Å². The number of nitrogens with two attached hydrogens (primary N) is 1. The van der Waals surface area contributed by atoms with Crippen LogP contribution < -0.4 is 5.73 Å². The molecule has 1 heterocycles. The van der Waals surface area contributed by atoms with E-state index in [1.165, 1.54) is 12.1 Å². The molecule has 2 aromatic rings. The Bertz CT molecular complexity index is 621. The Balaban J connectivity index is 2.64. The second kappa shape index (κ2) is 4.53. The number of hydrogen-bond donors (Lipinski definition) is 1. The Morgan fingerprint density at radius 1 is 1.11 bits per heavy atom. The zero-order chi connectivity index (χ0) is 14.2. The molecule has 0 atom stereocenters. The molecule has 2 N–H and O–H groups in total. The van der Waals surface area contributed by atoms with E-state index in [-0.39, 0.29) is 11.4 Å². The largest absolute Gasteiger partial charge is 0.417 e. The van der Waals surface area contributed by atoms with Crippen molar-refractivity contribution in [1.82, 2.24) is 4.98 Å². The lowest BCUT2D eigenvalue weighted by Crippen LogP contribution is -2.07. The van der Waals surface area contributed by atoms with Crippen LogP contribution in [0.2, 0.25) is 0 Å². The first-order chi connectivity index (χ1) is 8.79. The van der Waals surface area contributed by atoms with Gasteiger partial charge in [0.05, 0.1) is 5.56 Å². The fraction of sp³-hybridized carbons (Fsp3) is 0.154. The number of halogens is 4. The maximum absolute atomic E-state index is 13.2. The van der Waals surface area contributed by atoms with Crippen molar-refractivity contribution in [2.45, 2.75) is 13.1 Å². The molecule has 6 heteroatoms. The minimum atomic E-state index is -4.52. The summed E-state index contributed by atoms with van der Waals surface area (Å²) in [6.45, 7) is 1.66. The summed E-state index contributed by atoms with van der Waals surface area (Å²) in [5.41, 5.74) is 5.66. The van der Waals surface area contributed by atoms with Crippen molar-refractivity contribution in [3.63, 3.8) is 0 Å². The van der Waals surface area contributed by atoms with E-state index in [1.54, 1.807) is 6.92 Å². The van der Waals surface area contributed by atoms with E-state index >= 15 is 0 Å². The first-order valence-corrected chi connectivity index (χ1v) is 5.38. The second-order valence-corrected chi connectivity index (χ2v) is 4.11. The molecule has 1 aromatic heterocycles. The molecule has 2 rings (SSSR count). The van der Waals surface area contributed by atoms with Crippen LogP contribution in [0.15, 0.2) is 30.5 Å². The van der Waals surface area contributed by atoms with Gasteiger partial charge in [-0.15, -0.1) is 0 Å². The summed E-state index contributed by atoms with van der Waals surface area (Å²) >= 11 is 0. The van der Waals surface area contributed by atoms with Crippen molar-refractivity contribution in [2.75, 3.05) is 5.73 Å². The molecule has 0 saturated heterocycles. The molecule has 1 aromatic carbocycles. The number of aromatic nitrogens is 1. The third-order valence-electron chi connectivity index (χ3n) is 2.74. The van der Waals surface area contributed by atoms with Crippen molar-refractivity contribution < 1.29 is 17.6 Å². The predicted molar refractivity (Wildman–Crippen MR) is 63.8 cm³/mol. The summed E-state index contributed by atoms with van der Waals surface area (Å²) in [4.78, 5) is 3.53. The normalized spacial score (nSPS) is 11.6. The molecule has 0 bridgehead atoms. The molecule has 0 aliphatic rings. The van der Waals surface area contributed by atoms with Gasteiger partial charge in [-0.05, 0) is 36.2 Å². The van der Waals surface area contributed by atoms with Crippen LogP contribution >= 0.6 is 0 Å². The van der Waals surface area contributed by atoms with Gasteiger partial charge in [0.25, 0.3) is 0 Å². The van der Waals surface area contributed by atoms with E-state index in [4.69, 9.17) is 5.73 Å². The summed E-state index contributed by atoms with van der Waals surface area (Å²) in [5.74, 6) is -0.612. The number of pyridine rings is 1. The fourth-order valence-electron chi connectivity index (χ4n) is 1.73. The Morgan fingerprint density at radius 2 is 1.79 bits per heavy atom. The van der Waals surface area contributed by atoms with Gasteiger partial charge < -0.3 is 5.73 Å². The third-order valence-corrected chi connectivity index (χ3v) is 2.74. The zero-order valence-corrected chi connectivity index (χ0v) is 9.92. The van der Waals surface area contributed by atoms with Crippen LogP contribution in [0.4, 0.5) is 23.4 Å². The Kier molecular flexibility index (Phi) is 3.18. The summed E-state index contributed by atoms with van der Waals surface area (Å²) in [6, 6.07) is 4.73. The van der Waals surface area contributed by atoms with Crippen molar-refractivity contribution in [1.29, 1.82) is 0 Å². The van der Waals surface area contributed by atoms with E-state index in [0.717, 1.165) is 12.1 Å². The number of anilines is 1. The third kappa shape index (κ3) is 2.67. The number of nitrogen functional groups attached to an aromatic ring is 1. The van der Waals surface area contributed by atoms with Crippen LogP contribution in [0.5, 0.6) is 0 Å². The van der Waals surface area contributed by atoms with Gasteiger partial charge in [-0.2, -0.15) is 13.2 Å². The van der Waals surface area contributed by atoms with Gasteiger partial charge in [-0.25, -0.2) is 9.37 Å². The highest BCUT2D eigenvalue weighted by atomic mass is 19.4. The minimum Gasteiger partial charge on any atom is -0.383 e. The molecule has 19 heavy (non-hydrogen) atoms. The molecule has 100 valence electrons. The van der Waals surface area contributed by atoms with Crippen molar-refractivity contribution in [2.24, 2.45) is 0 Å². The maximum Gasteiger partial charge on any atom is 0.417 e. The van der Waals surface area contributed by atoms with Crippen molar-refractivity contribution >= 4 is 5.82 Å². The number of aryl methyl sites for hydroxylation is 1. The van der Waals surface area contributed by atoms with Crippen LogP contribution in [0.3, 0.4) is 0 Å². The smallest absolute Gasteiger partial charge is 0.383 e. The van der Waals surface area contributed by atoms with E-state index in [1.807, 2.05) is 0 Å². The van der Waals surface area contributed by atoms with Crippen molar-refractivity contribution in [3.05, 3.63) is 47.4 Å². The van der Waals surface area contributed by atoms with Crippen LogP contribution in [-0.2, 0) is 6.18 Å². The molecule has 0 aliphatic heterocycles. The molecule has 0 spiro atoms. The lowest BCUT2D eigenvalue weighted by Gasteiger charge is -2.12. The number of nitrogens with zero attached hydrogens (tertiary/aromatic N) is 1. The number of alkyl halides is 3. The highest BCUT2D eigenvalue weighted by molar-refractivity contribution is 5.76. The summed E-state index contributed by atoms with van der Waals surface area (Å²) in [5, 5.41) is 0. The maximum atomic E-state index is 13.2. The standard InChI is InChI=1S/C13H10F4N2/c1-7-2-3-9(14)5-10(7)11-4-8(13(15,16)17)6-19-12(11)18/h2-6H,1H3,(H2,18,19). The van der Waals surface area contributed by atoms with Crippen molar-refractivity contribution in [3.8, 4) is 11.1 Å². The Morgan fingerprint density at radius 3 is 2.42 bits per heavy atom. The van der Waals surface area contributed by atoms with Gasteiger partial charge in [-0.1, -0.05) is 6.07 Å². The number of hydrogen-bond acceptors (Lipinski definition) is 2. The molecule has 0 fully saturated rings. The van der Waals surface area contributed by atoms with Gasteiger partial charge in [0.2, 0.25) is 0 Å². The van der Waals surface area contributed by atoms with Crippen LogP contribution in [0, 0.1) is 12.7 Å². The predicted octanol–water partition coefficient (Wildman–Crippen LogP) is 3.80. The van der Waals surface area contributed by atoms with Crippen LogP contribution in [0.1, 0.15) is 11.1 Å². The Hall–Kier alpha value is -2.11. The average Bonchev–Trinajstić information content (AvgIpc) is 2.32. The quantitative estimate of drug-likeness (QED) is 0.800. The first-order valence-electron chi connectivity index (χ1n) is 5.38. The highest BCUT2D eigenvalue weighted by Gasteiger charge is 2.31.